The van der Waals surface area contributed by atoms with Crippen molar-refractivity contribution in [2.45, 2.75) is 33.2 Å². The first kappa shape index (κ1) is 12.4. The molecular formula is C15H24N2. The molecule has 2 heteroatoms. The Labute approximate surface area is 105 Å². The van der Waals surface area contributed by atoms with E-state index in [1.807, 2.05) is 0 Å². The molecule has 1 aromatic carbocycles. The van der Waals surface area contributed by atoms with E-state index in [9.17, 15) is 0 Å². The number of nitrogens with zero attached hydrogens (tertiary/aromatic N) is 1. The van der Waals surface area contributed by atoms with E-state index in [0.29, 0.717) is 0 Å². The van der Waals surface area contributed by atoms with Crippen molar-refractivity contribution in [3.63, 3.8) is 0 Å². The second-order valence-electron chi connectivity index (χ2n) is 5.55. The van der Waals surface area contributed by atoms with Crippen LogP contribution in [0.5, 0.6) is 0 Å². The highest BCUT2D eigenvalue weighted by Crippen LogP contribution is 2.27. The van der Waals surface area contributed by atoms with Gasteiger partial charge in [0.1, 0.15) is 0 Å². The molecule has 0 bridgehead atoms. The molecule has 0 atom stereocenters. The van der Waals surface area contributed by atoms with Gasteiger partial charge in [-0.1, -0.05) is 32.0 Å². The summed E-state index contributed by atoms with van der Waals surface area (Å²) >= 11 is 0. The van der Waals surface area contributed by atoms with Crippen molar-refractivity contribution in [3.05, 3.63) is 29.3 Å². The molecule has 0 spiro atoms. The molecule has 0 aliphatic carbocycles. The molecule has 1 aliphatic rings. The van der Waals surface area contributed by atoms with Gasteiger partial charge in [-0.25, -0.2) is 0 Å². The van der Waals surface area contributed by atoms with Gasteiger partial charge >= 0.3 is 0 Å². The molecule has 1 aliphatic heterocycles. The summed E-state index contributed by atoms with van der Waals surface area (Å²) in [6.45, 7) is 7.91. The van der Waals surface area contributed by atoms with Crippen LogP contribution in [0.1, 0.15) is 31.4 Å². The van der Waals surface area contributed by atoms with Crippen molar-refractivity contribution in [2.75, 3.05) is 25.5 Å². The maximum Gasteiger partial charge on any atom is 0.0419 e. The fourth-order valence-electron chi connectivity index (χ4n) is 2.39. The Hall–Kier alpha value is -1.02. The van der Waals surface area contributed by atoms with E-state index in [0.717, 1.165) is 19.0 Å². The van der Waals surface area contributed by atoms with E-state index in [1.165, 1.54) is 36.2 Å². The summed E-state index contributed by atoms with van der Waals surface area (Å²) in [5.74, 6) is 0.789. The third kappa shape index (κ3) is 3.22. The fraction of sp³-hybridized carbons (Fsp3) is 0.600. The van der Waals surface area contributed by atoms with E-state index >= 15 is 0 Å². The zero-order chi connectivity index (χ0) is 12.3. The van der Waals surface area contributed by atoms with Gasteiger partial charge in [0, 0.05) is 18.8 Å². The van der Waals surface area contributed by atoms with Crippen molar-refractivity contribution < 1.29 is 0 Å². The van der Waals surface area contributed by atoms with Crippen LogP contribution in [0.2, 0.25) is 0 Å². The molecular weight excluding hydrogens is 208 g/mol. The lowest BCUT2D eigenvalue weighted by Crippen LogP contribution is -2.20. The zero-order valence-electron chi connectivity index (χ0n) is 11.3. The fourth-order valence-corrected chi connectivity index (χ4v) is 2.39. The van der Waals surface area contributed by atoms with E-state index in [-0.39, 0.29) is 0 Å². The summed E-state index contributed by atoms with van der Waals surface area (Å²) in [6, 6.07) is 6.69. The van der Waals surface area contributed by atoms with Gasteiger partial charge in [0.15, 0.2) is 0 Å². The summed E-state index contributed by atoms with van der Waals surface area (Å²) in [7, 11) is 2.22. The van der Waals surface area contributed by atoms with Crippen molar-refractivity contribution in [1.29, 1.82) is 0 Å². The Balaban J connectivity index is 1.97. The average molecular weight is 232 g/mol. The summed E-state index contributed by atoms with van der Waals surface area (Å²) in [5, 5.41) is 3.51. The summed E-state index contributed by atoms with van der Waals surface area (Å²) in [4.78, 5) is 2.43. The number of hydrogen-bond acceptors (Lipinski definition) is 2. The number of nitrogens with one attached hydrogen (secondary N) is 1. The lowest BCUT2D eigenvalue weighted by molar-refractivity contribution is 0.304. The molecule has 17 heavy (non-hydrogen) atoms. The van der Waals surface area contributed by atoms with Crippen molar-refractivity contribution in [2.24, 2.45) is 5.92 Å². The molecule has 0 amide bonds. The zero-order valence-corrected chi connectivity index (χ0v) is 11.3. The number of hydrogen-bond donors (Lipinski definition) is 1. The van der Waals surface area contributed by atoms with E-state index < -0.39 is 0 Å². The SMILES string of the molecule is CC(C)CCN(C)Cc1cccc2c1NCC2. The van der Waals surface area contributed by atoms with Gasteiger partial charge in [0.05, 0.1) is 0 Å². The maximum absolute atomic E-state index is 3.51. The molecule has 0 aromatic heterocycles. The van der Waals surface area contributed by atoms with Crippen LogP contribution < -0.4 is 5.32 Å². The van der Waals surface area contributed by atoms with E-state index in [4.69, 9.17) is 0 Å². The molecule has 1 aromatic rings. The number of anilines is 1. The van der Waals surface area contributed by atoms with Crippen LogP contribution in [-0.2, 0) is 13.0 Å². The highest BCUT2D eigenvalue weighted by atomic mass is 15.1. The molecule has 94 valence electrons. The van der Waals surface area contributed by atoms with E-state index in [1.54, 1.807) is 0 Å². The summed E-state index contributed by atoms with van der Waals surface area (Å²) in [6.07, 6.45) is 2.46. The minimum atomic E-state index is 0.789. The first-order valence-corrected chi connectivity index (χ1v) is 6.70. The average Bonchev–Trinajstić information content (AvgIpc) is 2.75. The van der Waals surface area contributed by atoms with Gasteiger partial charge in [-0.05, 0) is 43.5 Å². The molecule has 0 unspecified atom stereocenters. The lowest BCUT2D eigenvalue weighted by atomic mass is 10.1. The van der Waals surface area contributed by atoms with Crippen LogP contribution in [-0.4, -0.2) is 25.0 Å². The van der Waals surface area contributed by atoms with Gasteiger partial charge in [0.2, 0.25) is 0 Å². The van der Waals surface area contributed by atoms with Gasteiger partial charge in [-0.3, -0.25) is 0 Å². The molecule has 0 radical (unpaired) electrons. The Morgan fingerprint density at radius 1 is 1.35 bits per heavy atom. The third-order valence-corrected chi connectivity index (χ3v) is 3.46. The second-order valence-corrected chi connectivity index (χ2v) is 5.55. The predicted octanol–water partition coefficient (Wildman–Crippen LogP) is 3.13. The molecule has 1 heterocycles. The van der Waals surface area contributed by atoms with Gasteiger partial charge in [0.25, 0.3) is 0 Å². The first-order valence-electron chi connectivity index (χ1n) is 6.70. The predicted molar refractivity (Wildman–Crippen MR) is 74.4 cm³/mol. The van der Waals surface area contributed by atoms with Crippen LogP contribution in [0, 0.1) is 5.92 Å². The number of fused-ring (bicyclic) bond motifs is 1. The van der Waals surface area contributed by atoms with Crippen LogP contribution in [0.25, 0.3) is 0 Å². The first-order chi connectivity index (χ1) is 8.16. The standard InChI is InChI=1S/C15H24N2/c1-12(2)8-10-17(3)11-14-6-4-5-13-7-9-16-15(13)14/h4-6,12,16H,7-11H2,1-3H3. The Morgan fingerprint density at radius 3 is 2.94 bits per heavy atom. The van der Waals surface area contributed by atoms with E-state index in [2.05, 4.69) is 49.3 Å². The largest absolute Gasteiger partial charge is 0.384 e. The Kier molecular flexibility index (Phi) is 4.06. The smallest absolute Gasteiger partial charge is 0.0419 e. The van der Waals surface area contributed by atoms with Crippen LogP contribution in [0.3, 0.4) is 0 Å². The molecule has 1 N–H and O–H groups in total. The quantitative estimate of drug-likeness (QED) is 0.839. The Morgan fingerprint density at radius 2 is 2.18 bits per heavy atom. The minimum Gasteiger partial charge on any atom is -0.384 e. The number of rotatable bonds is 5. The summed E-state index contributed by atoms with van der Waals surface area (Å²) in [5.41, 5.74) is 4.33. The number of para-hydroxylation sites is 1. The van der Waals surface area contributed by atoms with Crippen molar-refractivity contribution in [1.82, 2.24) is 4.90 Å². The van der Waals surface area contributed by atoms with Crippen molar-refractivity contribution in [3.8, 4) is 0 Å². The molecule has 0 saturated carbocycles. The minimum absolute atomic E-state index is 0.789. The van der Waals surface area contributed by atoms with Gasteiger partial charge in [-0.2, -0.15) is 0 Å². The number of benzene rings is 1. The third-order valence-electron chi connectivity index (χ3n) is 3.46. The molecule has 2 nitrogen and oxygen atoms in total. The Bertz CT molecular complexity index is 371. The summed E-state index contributed by atoms with van der Waals surface area (Å²) < 4.78 is 0. The van der Waals surface area contributed by atoms with Gasteiger partial charge in [-0.15, -0.1) is 0 Å². The van der Waals surface area contributed by atoms with Crippen LogP contribution >= 0.6 is 0 Å². The highest BCUT2D eigenvalue weighted by Gasteiger charge is 2.14. The lowest BCUT2D eigenvalue weighted by Gasteiger charge is -2.19. The molecule has 0 fully saturated rings. The van der Waals surface area contributed by atoms with Gasteiger partial charge < -0.3 is 10.2 Å². The highest BCUT2D eigenvalue weighted by molar-refractivity contribution is 5.61. The van der Waals surface area contributed by atoms with Crippen molar-refractivity contribution >= 4 is 5.69 Å². The van der Waals surface area contributed by atoms with Crippen LogP contribution in [0.4, 0.5) is 5.69 Å². The monoisotopic (exact) mass is 232 g/mol. The normalized spacial score (nSPS) is 14.2. The van der Waals surface area contributed by atoms with Crippen LogP contribution in [0.15, 0.2) is 18.2 Å². The molecule has 0 saturated heterocycles. The molecule has 2 rings (SSSR count). The topological polar surface area (TPSA) is 15.3 Å². The second kappa shape index (κ2) is 5.54. The maximum atomic E-state index is 3.51.